The second-order valence-corrected chi connectivity index (χ2v) is 6.38. The summed E-state index contributed by atoms with van der Waals surface area (Å²) in [5, 5.41) is 3.34. The highest BCUT2D eigenvalue weighted by molar-refractivity contribution is 5.54. The molecule has 0 unspecified atom stereocenters. The number of rotatable bonds is 4. The van der Waals surface area contributed by atoms with Gasteiger partial charge in [-0.05, 0) is 25.5 Å². The molecule has 3 rings (SSSR count). The Morgan fingerprint density at radius 2 is 2.00 bits per heavy atom. The summed E-state index contributed by atoms with van der Waals surface area (Å²) in [6.07, 6.45) is -3.42. The maximum absolute atomic E-state index is 12.5. The van der Waals surface area contributed by atoms with Crippen molar-refractivity contribution in [2.45, 2.75) is 25.6 Å². The van der Waals surface area contributed by atoms with E-state index < -0.39 is 12.7 Å². The zero-order valence-corrected chi connectivity index (χ0v) is 13.8. The van der Waals surface area contributed by atoms with Crippen LogP contribution in [0.3, 0.4) is 0 Å². The molecular weight excluding hydrogens is 321 g/mol. The van der Waals surface area contributed by atoms with E-state index in [1.54, 1.807) is 0 Å². The molecule has 24 heavy (non-hydrogen) atoms. The molecule has 1 N–H and O–H groups in total. The quantitative estimate of drug-likeness (QED) is 0.907. The van der Waals surface area contributed by atoms with Crippen molar-refractivity contribution in [3.63, 3.8) is 0 Å². The van der Waals surface area contributed by atoms with Gasteiger partial charge in [0.2, 0.25) is 0 Å². The van der Waals surface area contributed by atoms with Crippen molar-refractivity contribution in [2.24, 2.45) is 0 Å². The number of aromatic nitrogens is 1. The number of alkyl halides is 3. The summed E-state index contributed by atoms with van der Waals surface area (Å²) in [5.41, 5.74) is 1.76. The van der Waals surface area contributed by atoms with Gasteiger partial charge in [0.05, 0.1) is 31.1 Å². The van der Waals surface area contributed by atoms with Crippen molar-refractivity contribution in [3.8, 4) is 0 Å². The van der Waals surface area contributed by atoms with Crippen LogP contribution in [0, 0.1) is 6.92 Å². The number of pyridine rings is 1. The summed E-state index contributed by atoms with van der Waals surface area (Å²) in [4.78, 5) is 8.26. The first-order chi connectivity index (χ1) is 11.4. The molecule has 0 aliphatic carbocycles. The monoisotopic (exact) mass is 344 g/mol. The van der Waals surface area contributed by atoms with E-state index in [2.05, 4.69) is 15.2 Å². The van der Waals surface area contributed by atoms with Gasteiger partial charge in [-0.3, -0.25) is 4.90 Å². The van der Waals surface area contributed by atoms with E-state index in [-0.39, 0.29) is 6.04 Å². The molecule has 2 aliphatic rings. The van der Waals surface area contributed by atoms with E-state index in [0.717, 1.165) is 30.3 Å². The van der Waals surface area contributed by atoms with Crippen LogP contribution in [-0.4, -0.2) is 68.0 Å². The first kappa shape index (κ1) is 17.3. The summed E-state index contributed by atoms with van der Waals surface area (Å²) in [7, 11) is 0. The lowest BCUT2D eigenvalue weighted by Crippen LogP contribution is -2.37. The minimum Gasteiger partial charge on any atom is -0.380 e. The Morgan fingerprint density at radius 1 is 1.25 bits per heavy atom. The fraction of sp³-hybridized carbons (Fsp3) is 0.688. The molecule has 1 atom stereocenters. The predicted molar refractivity (Wildman–Crippen MR) is 86.5 cm³/mol. The molecule has 0 aromatic carbocycles. The Bertz CT molecular complexity index is 561. The number of ether oxygens (including phenoxy) is 1. The molecule has 8 heteroatoms. The average Bonchev–Trinajstić information content (AvgIpc) is 2.95. The van der Waals surface area contributed by atoms with Crippen molar-refractivity contribution in [2.75, 3.05) is 56.2 Å². The number of morpholine rings is 1. The summed E-state index contributed by atoms with van der Waals surface area (Å²) >= 11 is 0. The number of halogens is 3. The molecule has 1 aromatic rings. The van der Waals surface area contributed by atoms with Crippen LogP contribution in [0.4, 0.5) is 24.7 Å². The number of aryl methyl sites for hydroxylation is 1. The molecule has 0 radical (unpaired) electrons. The fourth-order valence-electron chi connectivity index (χ4n) is 3.24. The number of likely N-dealkylation sites (tertiary alicyclic amines) is 1. The van der Waals surface area contributed by atoms with Crippen LogP contribution in [0.2, 0.25) is 0 Å². The third-order valence-corrected chi connectivity index (χ3v) is 4.44. The molecule has 0 spiro atoms. The van der Waals surface area contributed by atoms with Crippen LogP contribution in [0.25, 0.3) is 0 Å². The van der Waals surface area contributed by atoms with E-state index in [0.29, 0.717) is 32.7 Å². The Morgan fingerprint density at radius 3 is 2.67 bits per heavy atom. The van der Waals surface area contributed by atoms with Crippen LogP contribution < -0.4 is 10.2 Å². The van der Waals surface area contributed by atoms with Gasteiger partial charge < -0.3 is 15.0 Å². The predicted octanol–water partition coefficient (Wildman–Crippen LogP) is 2.28. The zero-order valence-electron chi connectivity index (χ0n) is 13.8. The van der Waals surface area contributed by atoms with Crippen LogP contribution in [-0.2, 0) is 4.74 Å². The van der Waals surface area contributed by atoms with Crippen molar-refractivity contribution < 1.29 is 17.9 Å². The first-order valence-corrected chi connectivity index (χ1v) is 8.27. The van der Waals surface area contributed by atoms with E-state index in [1.807, 2.05) is 19.1 Å². The Hall–Kier alpha value is -1.54. The van der Waals surface area contributed by atoms with Gasteiger partial charge in [-0.25, -0.2) is 4.98 Å². The van der Waals surface area contributed by atoms with Crippen LogP contribution in [0.15, 0.2) is 12.1 Å². The zero-order chi connectivity index (χ0) is 17.2. The maximum atomic E-state index is 12.5. The van der Waals surface area contributed by atoms with Gasteiger partial charge in [0.25, 0.3) is 0 Å². The first-order valence-electron chi connectivity index (χ1n) is 8.27. The Labute approximate surface area is 139 Å². The molecule has 1 aromatic heterocycles. The average molecular weight is 344 g/mol. The van der Waals surface area contributed by atoms with Crippen molar-refractivity contribution in [1.29, 1.82) is 0 Å². The van der Waals surface area contributed by atoms with Gasteiger partial charge in [-0.15, -0.1) is 0 Å². The number of hydrogen-bond donors (Lipinski definition) is 1. The Balaban J connectivity index is 1.58. The molecule has 2 saturated heterocycles. The molecular formula is C16H23F3N4O. The number of nitrogens with one attached hydrogen (secondary N) is 1. The number of anilines is 2. The van der Waals surface area contributed by atoms with E-state index in [9.17, 15) is 13.2 Å². The minimum atomic E-state index is -4.13. The third-order valence-electron chi connectivity index (χ3n) is 4.44. The third kappa shape index (κ3) is 4.51. The van der Waals surface area contributed by atoms with E-state index in [4.69, 9.17) is 4.74 Å². The standard InChI is InChI=1S/C16H23F3N4O/c1-12-14(2-3-15(20-12)23-6-8-24-9-7-23)21-13-4-5-22(10-13)11-16(17,18)19/h2-3,13,21H,4-11H2,1H3/t13-/m0/s1. The highest BCUT2D eigenvalue weighted by Crippen LogP contribution is 2.24. The van der Waals surface area contributed by atoms with Gasteiger partial charge in [0, 0.05) is 32.2 Å². The van der Waals surface area contributed by atoms with Crippen LogP contribution in [0.1, 0.15) is 12.1 Å². The molecule has 3 heterocycles. The summed E-state index contributed by atoms with van der Waals surface area (Å²) in [5.74, 6) is 0.923. The molecule has 2 aliphatic heterocycles. The van der Waals surface area contributed by atoms with E-state index >= 15 is 0 Å². The van der Waals surface area contributed by atoms with Gasteiger partial charge >= 0.3 is 6.18 Å². The van der Waals surface area contributed by atoms with Crippen LogP contribution >= 0.6 is 0 Å². The fourth-order valence-corrected chi connectivity index (χ4v) is 3.24. The van der Waals surface area contributed by atoms with Gasteiger partial charge in [-0.2, -0.15) is 13.2 Å². The molecule has 5 nitrogen and oxygen atoms in total. The largest absolute Gasteiger partial charge is 0.401 e. The molecule has 0 saturated carbocycles. The van der Waals surface area contributed by atoms with E-state index in [1.165, 1.54) is 4.90 Å². The number of hydrogen-bond acceptors (Lipinski definition) is 5. The summed E-state index contributed by atoms with van der Waals surface area (Å²) < 4.78 is 42.7. The van der Waals surface area contributed by atoms with Crippen LogP contribution in [0.5, 0.6) is 0 Å². The van der Waals surface area contributed by atoms with Gasteiger partial charge in [-0.1, -0.05) is 0 Å². The lowest BCUT2D eigenvalue weighted by Gasteiger charge is -2.28. The van der Waals surface area contributed by atoms with Gasteiger partial charge in [0.1, 0.15) is 5.82 Å². The second-order valence-electron chi connectivity index (χ2n) is 6.38. The number of nitrogens with zero attached hydrogens (tertiary/aromatic N) is 3. The maximum Gasteiger partial charge on any atom is 0.401 e. The minimum absolute atomic E-state index is 0.0297. The normalized spacial score (nSPS) is 22.8. The molecule has 2 fully saturated rings. The van der Waals surface area contributed by atoms with Crippen molar-refractivity contribution in [3.05, 3.63) is 17.8 Å². The summed E-state index contributed by atoms with van der Waals surface area (Å²) in [6, 6.07) is 3.96. The van der Waals surface area contributed by atoms with Gasteiger partial charge in [0.15, 0.2) is 0 Å². The Kier molecular flexibility index (Phi) is 5.15. The molecule has 134 valence electrons. The second kappa shape index (κ2) is 7.14. The lowest BCUT2D eigenvalue weighted by molar-refractivity contribution is -0.143. The topological polar surface area (TPSA) is 40.6 Å². The lowest BCUT2D eigenvalue weighted by atomic mass is 10.2. The highest BCUT2D eigenvalue weighted by atomic mass is 19.4. The SMILES string of the molecule is Cc1nc(N2CCOCC2)ccc1N[C@H]1CCN(CC(F)(F)F)C1. The van der Waals surface area contributed by atoms with Crippen molar-refractivity contribution in [1.82, 2.24) is 9.88 Å². The molecule has 0 bridgehead atoms. The smallest absolute Gasteiger partial charge is 0.380 e. The molecule has 0 amide bonds. The van der Waals surface area contributed by atoms with Crippen molar-refractivity contribution >= 4 is 11.5 Å². The summed E-state index contributed by atoms with van der Waals surface area (Å²) in [6.45, 7) is 5.03. The highest BCUT2D eigenvalue weighted by Gasteiger charge is 2.34.